The summed E-state index contributed by atoms with van der Waals surface area (Å²) in [5.41, 5.74) is 0.0884. The quantitative estimate of drug-likeness (QED) is 0.913. The minimum atomic E-state index is -0.998. The Hall–Kier alpha value is -2.27. The van der Waals surface area contributed by atoms with E-state index in [9.17, 15) is 9.50 Å². The molecule has 0 aliphatic heterocycles. The Morgan fingerprint density at radius 2 is 1.48 bits per heavy atom. The van der Waals surface area contributed by atoms with Crippen LogP contribution in [-0.4, -0.2) is 19.3 Å². The third kappa shape index (κ3) is 3.08. The molecule has 1 atom stereocenters. The average molecular weight is 292 g/mol. The van der Waals surface area contributed by atoms with Crippen LogP contribution in [0.3, 0.4) is 0 Å². The van der Waals surface area contributed by atoms with Gasteiger partial charge in [-0.1, -0.05) is 12.1 Å². The summed E-state index contributed by atoms with van der Waals surface area (Å²) in [6.45, 7) is 1.48. The fourth-order valence-corrected chi connectivity index (χ4v) is 2.04. The average Bonchev–Trinajstić information content (AvgIpc) is 2.47. The van der Waals surface area contributed by atoms with Crippen LogP contribution in [0, 0.1) is 5.82 Å². The maximum atomic E-state index is 13.9. The zero-order valence-corrected chi connectivity index (χ0v) is 12.1. The standard InChI is InChI=1S/C16H17FO4/c1-10(18)15-11(17)6-4-7-12(15)21-16-13(19-2)8-5-9-14(16)20-3/h4-10,18H,1-3H3/t10-/m1/s1. The lowest BCUT2D eigenvalue weighted by atomic mass is 10.1. The Balaban J connectivity index is 2.50. The molecule has 0 heterocycles. The second-order valence-electron chi connectivity index (χ2n) is 4.42. The SMILES string of the molecule is COc1cccc(OC)c1Oc1cccc(F)c1[C@@H](C)O. The molecule has 0 saturated carbocycles. The molecule has 0 bridgehead atoms. The number of rotatable bonds is 5. The number of hydrogen-bond donors (Lipinski definition) is 1. The summed E-state index contributed by atoms with van der Waals surface area (Å²) >= 11 is 0. The zero-order chi connectivity index (χ0) is 15.4. The van der Waals surface area contributed by atoms with Crippen LogP contribution in [0.25, 0.3) is 0 Å². The van der Waals surface area contributed by atoms with E-state index in [4.69, 9.17) is 14.2 Å². The van der Waals surface area contributed by atoms with Crippen molar-refractivity contribution in [1.82, 2.24) is 0 Å². The van der Waals surface area contributed by atoms with Gasteiger partial charge in [0.15, 0.2) is 11.5 Å². The van der Waals surface area contributed by atoms with Crippen molar-refractivity contribution in [1.29, 1.82) is 0 Å². The van der Waals surface area contributed by atoms with Gasteiger partial charge < -0.3 is 19.3 Å². The molecule has 0 aliphatic rings. The van der Waals surface area contributed by atoms with Gasteiger partial charge in [-0.25, -0.2) is 4.39 Å². The summed E-state index contributed by atoms with van der Waals surface area (Å²) in [6, 6.07) is 9.54. The number of benzene rings is 2. The van der Waals surface area contributed by atoms with Crippen molar-refractivity contribution in [2.24, 2.45) is 0 Å². The maximum absolute atomic E-state index is 13.9. The molecule has 2 aromatic carbocycles. The molecule has 0 unspecified atom stereocenters. The number of aliphatic hydroxyl groups excluding tert-OH is 1. The number of para-hydroxylation sites is 1. The summed E-state index contributed by atoms with van der Waals surface area (Å²) in [5.74, 6) is 0.921. The van der Waals surface area contributed by atoms with Crippen molar-refractivity contribution in [2.45, 2.75) is 13.0 Å². The van der Waals surface area contributed by atoms with Gasteiger partial charge in [-0.3, -0.25) is 0 Å². The Kier molecular flexibility index (Phi) is 4.65. The van der Waals surface area contributed by atoms with E-state index in [2.05, 4.69) is 0 Å². The summed E-state index contributed by atoms with van der Waals surface area (Å²) in [7, 11) is 3.01. The first-order valence-electron chi connectivity index (χ1n) is 6.43. The van der Waals surface area contributed by atoms with Crippen molar-refractivity contribution < 1.29 is 23.7 Å². The van der Waals surface area contributed by atoms with Gasteiger partial charge >= 0.3 is 0 Å². The van der Waals surface area contributed by atoms with Crippen LogP contribution >= 0.6 is 0 Å². The van der Waals surface area contributed by atoms with E-state index in [-0.39, 0.29) is 11.3 Å². The van der Waals surface area contributed by atoms with Crippen molar-refractivity contribution in [3.8, 4) is 23.0 Å². The normalized spacial score (nSPS) is 11.9. The molecular formula is C16H17FO4. The van der Waals surface area contributed by atoms with E-state index in [1.165, 1.54) is 33.3 Å². The number of hydrogen-bond acceptors (Lipinski definition) is 4. The summed E-state index contributed by atoms with van der Waals surface area (Å²) < 4.78 is 30.1. The topological polar surface area (TPSA) is 47.9 Å². The monoisotopic (exact) mass is 292 g/mol. The van der Waals surface area contributed by atoms with E-state index in [1.54, 1.807) is 24.3 Å². The smallest absolute Gasteiger partial charge is 0.211 e. The second kappa shape index (κ2) is 6.45. The largest absolute Gasteiger partial charge is 0.493 e. The molecule has 112 valence electrons. The maximum Gasteiger partial charge on any atom is 0.211 e. The van der Waals surface area contributed by atoms with E-state index in [1.807, 2.05) is 0 Å². The van der Waals surface area contributed by atoms with Crippen molar-refractivity contribution >= 4 is 0 Å². The second-order valence-corrected chi connectivity index (χ2v) is 4.42. The van der Waals surface area contributed by atoms with E-state index in [0.717, 1.165) is 0 Å². The van der Waals surface area contributed by atoms with Crippen LogP contribution in [0.1, 0.15) is 18.6 Å². The Labute approximate surface area is 122 Å². The molecule has 0 aliphatic carbocycles. The van der Waals surface area contributed by atoms with Gasteiger partial charge in [0.05, 0.1) is 25.9 Å². The Bertz CT molecular complexity index is 603. The summed E-state index contributed by atoms with van der Waals surface area (Å²) in [4.78, 5) is 0. The van der Waals surface area contributed by atoms with Gasteiger partial charge in [-0.15, -0.1) is 0 Å². The van der Waals surface area contributed by atoms with Gasteiger partial charge in [-0.2, -0.15) is 0 Å². The van der Waals surface area contributed by atoms with E-state index >= 15 is 0 Å². The minimum absolute atomic E-state index is 0.0884. The fourth-order valence-electron chi connectivity index (χ4n) is 2.04. The van der Waals surface area contributed by atoms with Crippen molar-refractivity contribution in [2.75, 3.05) is 14.2 Å². The number of methoxy groups -OCH3 is 2. The Morgan fingerprint density at radius 1 is 0.952 bits per heavy atom. The van der Waals surface area contributed by atoms with Gasteiger partial charge in [0.25, 0.3) is 0 Å². The third-order valence-electron chi connectivity index (χ3n) is 3.03. The van der Waals surface area contributed by atoms with Crippen LogP contribution in [0.5, 0.6) is 23.0 Å². The number of halogens is 1. The van der Waals surface area contributed by atoms with Gasteiger partial charge in [0.1, 0.15) is 11.6 Å². The van der Waals surface area contributed by atoms with E-state index in [0.29, 0.717) is 17.2 Å². The number of aliphatic hydroxyl groups is 1. The molecule has 2 aromatic rings. The lowest BCUT2D eigenvalue weighted by Crippen LogP contribution is -2.01. The fraction of sp³-hybridized carbons (Fsp3) is 0.250. The van der Waals surface area contributed by atoms with Crippen LogP contribution in [-0.2, 0) is 0 Å². The highest BCUT2D eigenvalue weighted by Gasteiger charge is 2.19. The molecule has 5 heteroatoms. The molecule has 0 radical (unpaired) electrons. The highest BCUT2D eigenvalue weighted by Crippen LogP contribution is 2.42. The predicted octanol–water partition coefficient (Wildman–Crippen LogP) is 3.69. The number of ether oxygens (including phenoxy) is 3. The lowest BCUT2D eigenvalue weighted by Gasteiger charge is -2.17. The molecule has 0 saturated heterocycles. The first-order chi connectivity index (χ1) is 10.1. The molecule has 21 heavy (non-hydrogen) atoms. The van der Waals surface area contributed by atoms with E-state index < -0.39 is 11.9 Å². The molecule has 0 aromatic heterocycles. The highest BCUT2D eigenvalue weighted by atomic mass is 19.1. The molecule has 1 N–H and O–H groups in total. The molecule has 2 rings (SSSR count). The van der Waals surface area contributed by atoms with Crippen LogP contribution < -0.4 is 14.2 Å². The molecule has 4 nitrogen and oxygen atoms in total. The lowest BCUT2D eigenvalue weighted by molar-refractivity contribution is 0.189. The van der Waals surface area contributed by atoms with Crippen LogP contribution in [0.4, 0.5) is 4.39 Å². The molecule has 0 amide bonds. The zero-order valence-electron chi connectivity index (χ0n) is 12.1. The third-order valence-corrected chi connectivity index (χ3v) is 3.03. The van der Waals surface area contributed by atoms with Crippen molar-refractivity contribution in [3.63, 3.8) is 0 Å². The van der Waals surface area contributed by atoms with Gasteiger partial charge in [0, 0.05) is 0 Å². The van der Waals surface area contributed by atoms with Gasteiger partial charge in [-0.05, 0) is 31.2 Å². The Morgan fingerprint density at radius 3 is 2.00 bits per heavy atom. The molecule has 0 spiro atoms. The molecular weight excluding hydrogens is 275 g/mol. The first kappa shape index (κ1) is 15.1. The van der Waals surface area contributed by atoms with Crippen LogP contribution in [0.2, 0.25) is 0 Å². The first-order valence-corrected chi connectivity index (χ1v) is 6.43. The summed E-state index contributed by atoms with van der Waals surface area (Å²) in [6.07, 6.45) is -0.998. The minimum Gasteiger partial charge on any atom is -0.493 e. The highest BCUT2D eigenvalue weighted by molar-refractivity contribution is 5.54. The summed E-state index contributed by atoms with van der Waals surface area (Å²) in [5, 5.41) is 9.73. The van der Waals surface area contributed by atoms with Crippen LogP contribution in [0.15, 0.2) is 36.4 Å². The molecule has 0 fully saturated rings. The predicted molar refractivity (Wildman–Crippen MR) is 76.7 cm³/mol. The van der Waals surface area contributed by atoms with Gasteiger partial charge in [0.2, 0.25) is 5.75 Å². The van der Waals surface area contributed by atoms with Crippen molar-refractivity contribution in [3.05, 3.63) is 47.8 Å².